The highest BCUT2D eigenvalue weighted by Gasteiger charge is 2.32. The van der Waals surface area contributed by atoms with E-state index in [1.165, 1.54) is 5.56 Å². The van der Waals surface area contributed by atoms with Crippen LogP contribution in [0.4, 0.5) is 0 Å². The molecule has 1 saturated heterocycles. The molecule has 0 amide bonds. The molecular weight excluding hydrogens is 276 g/mol. The molecule has 4 heteroatoms. The van der Waals surface area contributed by atoms with Crippen molar-refractivity contribution < 1.29 is 8.42 Å². The fourth-order valence-electron chi connectivity index (χ4n) is 1.96. The van der Waals surface area contributed by atoms with Crippen molar-refractivity contribution in [2.45, 2.75) is 11.2 Å². The van der Waals surface area contributed by atoms with E-state index in [1.807, 2.05) is 30.3 Å². The molecule has 2 atom stereocenters. The Kier molecular flexibility index (Phi) is 3.16. The third kappa shape index (κ3) is 2.61. The predicted molar refractivity (Wildman–Crippen MR) is 64.9 cm³/mol. The average Bonchev–Trinajstić information content (AvgIpc) is 2.59. The summed E-state index contributed by atoms with van der Waals surface area (Å²) in [4.78, 5) is 0.163. The first-order valence-electron chi connectivity index (χ1n) is 4.98. The van der Waals surface area contributed by atoms with Gasteiger partial charge >= 0.3 is 0 Å². The van der Waals surface area contributed by atoms with Crippen molar-refractivity contribution in [3.63, 3.8) is 0 Å². The Hall–Kier alpha value is -0.350. The second-order valence-electron chi connectivity index (χ2n) is 3.98. The normalized spacial score (nSPS) is 26.3. The lowest BCUT2D eigenvalue weighted by Crippen LogP contribution is -2.09. The number of sulfone groups is 1. The maximum Gasteiger partial charge on any atom is 0.150 e. The molecule has 82 valence electrons. The molecule has 1 aromatic rings. The van der Waals surface area contributed by atoms with Crippen molar-refractivity contribution >= 4 is 25.8 Å². The van der Waals surface area contributed by atoms with Crippen LogP contribution in [-0.2, 0) is 9.84 Å². The van der Waals surface area contributed by atoms with Crippen molar-refractivity contribution in [1.82, 2.24) is 0 Å². The van der Waals surface area contributed by atoms with E-state index in [0.29, 0.717) is 11.5 Å². The van der Waals surface area contributed by atoms with Crippen LogP contribution in [0.15, 0.2) is 30.3 Å². The fourth-order valence-corrected chi connectivity index (χ4v) is 4.81. The van der Waals surface area contributed by atoms with Gasteiger partial charge in [-0.3, -0.25) is 0 Å². The van der Waals surface area contributed by atoms with Crippen molar-refractivity contribution in [2.75, 3.05) is 11.5 Å². The molecule has 0 radical (unpaired) electrons. The highest BCUT2D eigenvalue weighted by Crippen LogP contribution is 2.37. The summed E-state index contributed by atoms with van der Waals surface area (Å²) in [5.74, 6) is 0.877. The van der Waals surface area contributed by atoms with Crippen LogP contribution >= 0.6 is 15.9 Å². The lowest BCUT2D eigenvalue weighted by molar-refractivity contribution is 0.580. The zero-order valence-corrected chi connectivity index (χ0v) is 10.7. The number of rotatable bonds is 2. The van der Waals surface area contributed by atoms with Crippen molar-refractivity contribution in [3.8, 4) is 0 Å². The Morgan fingerprint density at radius 2 is 1.93 bits per heavy atom. The Labute approximate surface area is 98.7 Å². The quantitative estimate of drug-likeness (QED) is 0.784. The number of halogens is 1. The minimum absolute atomic E-state index is 0.163. The second kappa shape index (κ2) is 4.26. The van der Waals surface area contributed by atoms with Crippen LogP contribution in [0.25, 0.3) is 0 Å². The lowest BCUT2D eigenvalue weighted by Gasteiger charge is -2.15. The molecule has 1 aromatic carbocycles. The molecule has 0 N–H and O–H groups in total. The van der Waals surface area contributed by atoms with E-state index < -0.39 is 9.84 Å². The number of hydrogen-bond donors (Lipinski definition) is 0. The van der Waals surface area contributed by atoms with Crippen molar-refractivity contribution in [3.05, 3.63) is 35.9 Å². The second-order valence-corrected chi connectivity index (χ2v) is 7.19. The molecule has 0 saturated carbocycles. The molecule has 1 heterocycles. The van der Waals surface area contributed by atoms with Crippen molar-refractivity contribution in [2.24, 2.45) is 5.92 Å². The number of benzene rings is 1. The Morgan fingerprint density at radius 1 is 1.27 bits per heavy atom. The molecule has 15 heavy (non-hydrogen) atoms. The summed E-state index contributed by atoms with van der Waals surface area (Å²) in [6.07, 6.45) is 0.771. The van der Waals surface area contributed by atoms with E-state index in [4.69, 9.17) is 0 Å². The SMILES string of the molecule is O=S1(=O)CCC(C(Br)c2ccccc2)C1. The van der Waals surface area contributed by atoms with Gasteiger partial charge in [0.15, 0.2) is 9.84 Å². The minimum Gasteiger partial charge on any atom is -0.229 e. The van der Waals surface area contributed by atoms with Crippen LogP contribution in [0.2, 0.25) is 0 Å². The van der Waals surface area contributed by atoms with Gasteiger partial charge < -0.3 is 0 Å². The van der Waals surface area contributed by atoms with Gasteiger partial charge in [-0.25, -0.2) is 8.42 Å². The molecule has 1 aliphatic rings. The van der Waals surface area contributed by atoms with Gasteiger partial charge in [-0.2, -0.15) is 0 Å². The van der Waals surface area contributed by atoms with E-state index in [9.17, 15) is 8.42 Å². The van der Waals surface area contributed by atoms with Crippen LogP contribution in [0.3, 0.4) is 0 Å². The standard InChI is InChI=1S/C11H13BrO2S/c12-11(9-4-2-1-3-5-9)10-6-7-15(13,14)8-10/h1-5,10-11H,6-8H2. The summed E-state index contributed by atoms with van der Waals surface area (Å²) < 4.78 is 22.7. The molecule has 0 spiro atoms. The smallest absolute Gasteiger partial charge is 0.150 e. The summed E-state index contributed by atoms with van der Waals surface area (Å²) in [5.41, 5.74) is 1.17. The largest absolute Gasteiger partial charge is 0.229 e. The third-order valence-electron chi connectivity index (χ3n) is 2.80. The van der Waals surface area contributed by atoms with E-state index in [-0.39, 0.29) is 10.7 Å². The monoisotopic (exact) mass is 288 g/mol. The van der Waals surface area contributed by atoms with E-state index in [1.54, 1.807) is 0 Å². The first-order chi connectivity index (χ1) is 7.08. The molecule has 2 nitrogen and oxygen atoms in total. The summed E-state index contributed by atoms with van der Waals surface area (Å²) in [7, 11) is -2.78. The number of alkyl halides is 1. The highest BCUT2D eigenvalue weighted by atomic mass is 79.9. The van der Waals surface area contributed by atoms with Crippen LogP contribution in [0.1, 0.15) is 16.8 Å². The Bertz CT molecular complexity index is 427. The van der Waals surface area contributed by atoms with Crippen LogP contribution in [0, 0.1) is 5.92 Å². The highest BCUT2D eigenvalue weighted by molar-refractivity contribution is 9.09. The molecule has 0 aromatic heterocycles. The van der Waals surface area contributed by atoms with Gasteiger partial charge in [0.25, 0.3) is 0 Å². The summed E-state index contributed by atoms with van der Waals surface area (Å²) in [6, 6.07) is 9.99. The maximum atomic E-state index is 11.4. The molecule has 2 rings (SSSR count). The predicted octanol–water partition coefficient (Wildman–Crippen LogP) is 2.56. The van der Waals surface area contributed by atoms with Gasteiger partial charge in [-0.05, 0) is 17.9 Å². The molecule has 0 aliphatic carbocycles. The van der Waals surface area contributed by atoms with Gasteiger partial charge in [-0.15, -0.1) is 0 Å². The molecular formula is C11H13BrO2S. The average molecular weight is 289 g/mol. The fraction of sp³-hybridized carbons (Fsp3) is 0.455. The summed E-state index contributed by atoms with van der Waals surface area (Å²) >= 11 is 3.60. The van der Waals surface area contributed by atoms with Crippen LogP contribution in [-0.4, -0.2) is 19.9 Å². The van der Waals surface area contributed by atoms with Gasteiger partial charge in [0.1, 0.15) is 0 Å². The first-order valence-corrected chi connectivity index (χ1v) is 7.72. The van der Waals surface area contributed by atoms with Gasteiger partial charge in [0.2, 0.25) is 0 Å². The Balaban J connectivity index is 2.14. The maximum absolute atomic E-state index is 11.4. The van der Waals surface area contributed by atoms with Crippen LogP contribution in [0.5, 0.6) is 0 Å². The number of hydrogen-bond acceptors (Lipinski definition) is 2. The van der Waals surface area contributed by atoms with E-state index in [2.05, 4.69) is 15.9 Å². The Morgan fingerprint density at radius 3 is 2.47 bits per heavy atom. The summed E-state index contributed by atoms with van der Waals surface area (Å²) in [5, 5.41) is 0. The third-order valence-corrected chi connectivity index (χ3v) is 5.87. The molecule has 0 bridgehead atoms. The lowest BCUT2D eigenvalue weighted by atomic mass is 9.99. The first kappa shape index (κ1) is 11.1. The zero-order valence-electron chi connectivity index (χ0n) is 8.27. The minimum atomic E-state index is -2.78. The van der Waals surface area contributed by atoms with Crippen molar-refractivity contribution in [1.29, 1.82) is 0 Å². The van der Waals surface area contributed by atoms with E-state index >= 15 is 0 Å². The van der Waals surface area contributed by atoms with Gasteiger partial charge in [-0.1, -0.05) is 46.3 Å². The van der Waals surface area contributed by atoms with Gasteiger partial charge in [0, 0.05) is 4.83 Å². The van der Waals surface area contributed by atoms with Crippen LogP contribution < -0.4 is 0 Å². The molecule has 1 aliphatic heterocycles. The molecule has 2 unspecified atom stereocenters. The van der Waals surface area contributed by atoms with E-state index in [0.717, 1.165) is 6.42 Å². The zero-order chi connectivity index (χ0) is 10.9. The van der Waals surface area contributed by atoms with Gasteiger partial charge in [0.05, 0.1) is 11.5 Å². The molecule has 1 fully saturated rings. The topological polar surface area (TPSA) is 34.1 Å². The summed E-state index contributed by atoms with van der Waals surface area (Å²) in [6.45, 7) is 0.